The highest BCUT2D eigenvalue weighted by molar-refractivity contribution is 5.94. The zero-order valence-corrected chi connectivity index (χ0v) is 17.0. The van der Waals surface area contributed by atoms with Crippen LogP contribution in [0.4, 0.5) is 5.69 Å². The quantitative estimate of drug-likeness (QED) is 0.587. The summed E-state index contributed by atoms with van der Waals surface area (Å²) in [4.78, 5) is 14.8. The number of nitrogens with one attached hydrogen (secondary N) is 1. The van der Waals surface area contributed by atoms with E-state index in [0.717, 1.165) is 37.9 Å². The van der Waals surface area contributed by atoms with E-state index in [9.17, 15) is 4.79 Å². The molecule has 0 saturated heterocycles. The molecule has 1 heterocycles. The van der Waals surface area contributed by atoms with E-state index >= 15 is 0 Å². The number of fused-ring (bicyclic) bond motifs is 1. The van der Waals surface area contributed by atoms with Crippen molar-refractivity contribution in [2.45, 2.75) is 32.7 Å². The van der Waals surface area contributed by atoms with Gasteiger partial charge in [-0.05, 0) is 61.1 Å². The van der Waals surface area contributed by atoms with Crippen LogP contribution in [0.3, 0.4) is 0 Å². The summed E-state index contributed by atoms with van der Waals surface area (Å²) in [6.07, 6.45) is 3.04. The van der Waals surface area contributed by atoms with Crippen LogP contribution in [-0.4, -0.2) is 19.0 Å². The van der Waals surface area contributed by atoms with Crippen molar-refractivity contribution >= 4 is 11.6 Å². The Labute approximate surface area is 173 Å². The Morgan fingerprint density at radius 2 is 1.66 bits per heavy atom. The van der Waals surface area contributed by atoms with Crippen molar-refractivity contribution in [1.82, 2.24) is 5.32 Å². The number of rotatable bonds is 7. The number of aryl methyl sites for hydroxylation is 2. The third-order valence-corrected chi connectivity index (χ3v) is 5.62. The van der Waals surface area contributed by atoms with E-state index in [1.807, 2.05) is 12.1 Å². The predicted molar refractivity (Wildman–Crippen MR) is 119 cm³/mol. The minimum Gasteiger partial charge on any atom is -0.367 e. The molecule has 3 aromatic rings. The number of carbonyl (C=O) groups excluding carboxylic acids is 1. The first-order valence-electron chi connectivity index (χ1n) is 10.4. The summed E-state index contributed by atoms with van der Waals surface area (Å²) in [6, 6.07) is 25.2. The van der Waals surface area contributed by atoms with Gasteiger partial charge in [0.15, 0.2) is 0 Å². The number of hydrogen-bond acceptors (Lipinski definition) is 2. The number of anilines is 1. The molecule has 3 nitrogen and oxygen atoms in total. The van der Waals surface area contributed by atoms with Crippen molar-refractivity contribution in [1.29, 1.82) is 0 Å². The second kappa shape index (κ2) is 8.95. The van der Waals surface area contributed by atoms with E-state index in [1.165, 1.54) is 27.9 Å². The fourth-order valence-corrected chi connectivity index (χ4v) is 3.90. The van der Waals surface area contributed by atoms with Crippen LogP contribution < -0.4 is 10.2 Å². The second-order valence-electron chi connectivity index (χ2n) is 7.84. The molecular formula is C26H28N2O. The molecule has 148 valence electrons. The lowest BCUT2D eigenvalue weighted by Gasteiger charge is -2.19. The van der Waals surface area contributed by atoms with E-state index in [1.54, 1.807) is 0 Å². The van der Waals surface area contributed by atoms with E-state index in [4.69, 9.17) is 0 Å². The molecule has 0 unspecified atom stereocenters. The second-order valence-corrected chi connectivity index (χ2v) is 7.84. The largest absolute Gasteiger partial charge is 0.367 e. The maximum Gasteiger partial charge on any atom is 0.251 e. The maximum absolute atomic E-state index is 12.4. The minimum atomic E-state index is 0.00646. The molecular weight excluding hydrogens is 356 g/mol. The van der Waals surface area contributed by atoms with Crippen LogP contribution in [0.25, 0.3) is 0 Å². The van der Waals surface area contributed by atoms with E-state index in [0.29, 0.717) is 6.54 Å². The van der Waals surface area contributed by atoms with E-state index in [2.05, 4.69) is 77.8 Å². The normalized spacial score (nSPS) is 12.7. The number of nitrogens with zero attached hydrogens (tertiary/aromatic N) is 1. The van der Waals surface area contributed by atoms with Gasteiger partial charge in [-0.25, -0.2) is 0 Å². The van der Waals surface area contributed by atoms with Gasteiger partial charge in [-0.2, -0.15) is 0 Å². The fraction of sp³-hybridized carbons (Fsp3) is 0.269. The van der Waals surface area contributed by atoms with Crippen LogP contribution >= 0.6 is 0 Å². The SMILES string of the molecule is Cc1ccc(CCCNC(=O)c2ccc(CN3CCc4ccccc43)cc2)cc1. The summed E-state index contributed by atoms with van der Waals surface area (Å²) in [5.41, 5.74) is 7.32. The summed E-state index contributed by atoms with van der Waals surface area (Å²) in [7, 11) is 0. The zero-order valence-electron chi connectivity index (χ0n) is 17.0. The maximum atomic E-state index is 12.4. The molecule has 29 heavy (non-hydrogen) atoms. The molecule has 0 radical (unpaired) electrons. The molecule has 1 aliphatic rings. The summed E-state index contributed by atoms with van der Waals surface area (Å²) in [6.45, 7) is 4.73. The summed E-state index contributed by atoms with van der Waals surface area (Å²) in [5, 5.41) is 3.04. The Bertz CT molecular complexity index is 961. The van der Waals surface area contributed by atoms with Gasteiger partial charge in [-0.1, -0.05) is 60.2 Å². The standard InChI is InChI=1S/C26H28N2O/c1-20-8-10-21(11-9-20)5-4-17-27-26(29)24-14-12-22(13-15-24)19-28-18-16-23-6-2-3-7-25(23)28/h2-3,6-15H,4-5,16-19H2,1H3,(H,27,29). The molecule has 1 aliphatic heterocycles. The van der Waals surface area contributed by atoms with Crippen molar-refractivity contribution in [3.63, 3.8) is 0 Å². The third-order valence-electron chi connectivity index (χ3n) is 5.62. The van der Waals surface area contributed by atoms with Gasteiger partial charge >= 0.3 is 0 Å². The van der Waals surface area contributed by atoms with Crippen LogP contribution in [0, 0.1) is 6.92 Å². The lowest BCUT2D eigenvalue weighted by atomic mass is 10.1. The Kier molecular flexibility index (Phi) is 5.95. The molecule has 3 heteroatoms. The molecule has 0 atom stereocenters. The Morgan fingerprint density at radius 1 is 0.931 bits per heavy atom. The van der Waals surface area contributed by atoms with E-state index in [-0.39, 0.29) is 5.91 Å². The molecule has 3 aromatic carbocycles. The molecule has 0 bridgehead atoms. The topological polar surface area (TPSA) is 32.3 Å². The van der Waals surface area contributed by atoms with Crippen LogP contribution in [-0.2, 0) is 19.4 Å². The van der Waals surface area contributed by atoms with E-state index < -0.39 is 0 Å². The molecule has 1 N–H and O–H groups in total. The van der Waals surface area contributed by atoms with Crippen LogP contribution in [0.15, 0.2) is 72.8 Å². The fourth-order valence-electron chi connectivity index (χ4n) is 3.90. The molecule has 0 aromatic heterocycles. The van der Waals surface area contributed by atoms with Gasteiger partial charge in [0.05, 0.1) is 0 Å². The smallest absolute Gasteiger partial charge is 0.251 e. The van der Waals surface area contributed by atoms with Crippen molar-refractivity contribution in [3.8, 4) is 0 Å². The van der Waals surface area contributed by atoms with Gasteiger partial charge in [-0.3, -0.25) is 4.79 Å². The van der Waals surface area contributed by atoms with Crippen molar-refractivity contribution in [3.05, 3.63) is 101 Å². The number of amides is 1. The van der Waals surface area contributed by atoms with Crippen LogP contribution in [0.5, 0.6) is 0 Å². The monoisotopic (exact) mass is 384 g/mol. The Morgan fingerprint density at radius 3 is 2.45 bits per heavy atom. The van der Waals surface area contributed by atoms with Gasteiger partial charge in [0.1, 0.15) is 0 Å². The average Bonchev–Trinajstić information content (AvgIpc) is 3.16. The van der Waals surface area contributed by atoms with Crippen molar-refractivity contribution in [2.24, 2.45) is 0 Å². The zero-order chi connectivity index (χ0) is 20.1. The highest BCUT2D eigenvalue weighted by atomic mass is 16.1. The molecule has 4 rings (SSSR count). The number of hydrogen-bond donors (Lipinski definition) is 1. The number of carbonyl (C=O) groups is 1. The molecule has 1 amide bonds. The van der Waals surface area contributed by atoms with Crippen molar-refractivity contribution in [2.75, 3.05) is 18.0 Å². The molecule has 0 saturated carbocycles. The lowest BCUT2D eigenvalue weighted by molar-refractivity contribution is 0.0953. The van der Waals surface area contributed by atoms with Crippen molar-refractivity contribution < 1.29 is 4.79 Å². The Hall–Kier alpha value is -3.07. The minimum absolute atomic E-state index is 0.00646. The molecule has 0 aliphatic carbocycles. The van der Waals surface area contributed by atoms with Gasteiger partial charge in [0.25, 0.3) is 5.91 Å². The molecule has 0 spiro atoms. The Balaban J connectivity index is 1.25. The first-order valence-corrected chi connectivity index (χ1v) is 10.4. The van der Waals surface area contributed by atoms with Gasteiger partial charge in [-0.15, -0.1) is 0 Å². The van der Waals surface area contributed by atoms with Gasteiger partial charge < -0.3 is 10.2 Å². The van der Waals surface area contributed by atoms with Crippen LogP contribution in [0.2, 0.25) is 0 Å². The van der Waals surface area contributed by atoms with Gasteiger partial charge in [0.2, 0.25) is 0 Å². The highest BCUT2D eigenvalue weighted by Gasteiger charge is 2.18. The van der Waals surface area contributed by atoms with Crippen LogP contribution in [0.1, 0.15) is 39.0 Å². The first kappa shape index (κ1) is 19.3. The van der Waals surface area contributed by atoms with Gasteiger partial charge in [0, 0.05) is 30.9 Å². The number of benzene rings is 3. The average molecular weight is 385 g/mol. The lowest BCUT2D eigenvalue weighted by Crippen LogP contribution is -2.25. The first-order chi connectivity index (χ1) is 14.2. The molecule has 0 fully saturated rings. The summed E-state index contributed by atoms with van der Waals surface area (Å²) >= 11 is 0. The summed E-state index contributed by atoms with van der Waals surface area (Å²) in [5.74, 6) is 0.00646. The number of para-hydroxylation sites is 1. The summed E-state index contributed by atoms with van der Waals surface area (Å²) < 4.78 is 0. The third kappa shape index (κ3) is 4.86. The predicted octanol–water partition coefficient (Wildman–Crippen LogP) is 4.92. The highest BCUT2D eigenvalue weighted by Crippen LogP contribution is 2.28.